The highest BCUT2D eigenvalue weighted by atomic mass is 19.1. The van der Waals surface area contributed by atoms with Crippen LogP contribution in [0.25, 0.3) is 11.3 Å². The van der Waals surface area contributed by atoms with Crippen molar-refractivity contribution in [1.82, 2.24) is 14.9 Å². The molecule has 0 saturated carbocycles. The van der Waals surface area contributed by atoms with Crippen molar-refractivity contribution >= 4 is 11.8 Å². The van der Waals surface area contributed by atoms with E-state index in [-0.39, 0.29) is 18.3 Å². The Labute approximate surface area is 162 Å². The molecule has 0 aromatic heterocycles. The molecule has 0 aliphatic carbocycles. The summed E-state index contributed by atoms with van der Waals surface area (Å²) < 4.78 is 15.9. The largest absolute Gasteiger partial charge is 0.368 e. The zero-order chi connectivity index (χ0) is 20.3. The summed E-state index contributed by atoms with van der Waals surface area (Å²) in [6, 6.07) is 7.44. The molecule has 3 rings (SSSR count). The molecule has 6 nitrogen and oxygen atoms in total. The zero-order valence-corrected chi connectivity index (χ0v) is 15.9. The molecule has 2 aliphatic heterocycles. The molecule has 146 valence electrons. The van der Waals surface area contributed by atoms with Crippen molar-refractivity contribution in [2.24, 2.45) is 11.7 Å². The lowest BCUT2D eigenvalue weighted by Gasteiger charge is -2.19. The lowest BCUT2D eigenvalue weighted by Crippen LogP contribution is -2.45. The minimum atomic E-state index is -0.749. The number of nitrogens with zero attached hydrogens (tertiary/aromatic N) is 2. The molecule has 0 saturated heterocycles. The fourth-order valence-corrected chi connectivity index (χ4v) is 3.15. The van der Waals surface area contributed by atoms with Crippen LogP contribution in [0.3, 0.4) is 0 Å². The Balaban J connectivity index is 1.91. The molecule has 1 aromatic rings. The smallest absolute Gasteiger partial charge is 0.253 e. The van der Waals surface area contributed by atoms with Gasteiger partial charge in [-0.25, -0.2) is 4.39 Å². The number of fused-ring (bicyclic) bond motifs is 1. The normalized spacial score (nSPS) is 12.3. The van der Waals surface area contributed by atoms with E-state index in [1.54, 1.807) is 47.4 Å². The quantitative estimate of drug-likeness (QED) is 0.658. The number of hydrogen-bond acceptors (Lipinski definition) is 3. The highest BCUT2D eigenvalue weighted by molar-refractivity contribution is 5.98. The number of hydrogen-bond donors (Lipinski definition) is 2. The van der Waals surface area contributed by atoms with Crippen molar-refractivity contribution in [3.8, 4) is 11.3 Å². The molecule has 7 heteroatoms. The molecule has 28 heavy (non-hydrogen) atoms. The molecule has 0 fully saturated rings. The summed E-state index contributed by atoms with van der Waals surface area (Å²) in [6.07, 6.45) is 5.40. The molecule has 2 aliphatic rings. The van der Waals surface area contributed by atoms with Gasteiger partial charge in [0.1, 0.15) is 11.9 Å². The van der Waals surface area contributed by atoms with Crippen LogP contribution in [0.5, 0.6) is 0 Å². The number of primary amides is 1. The molecule has 0 radical (unpaired) electrons. The fraction of sp³-hybridized carbons (Fsp3) is 0.286. The molecular formula is C21H23FN4O2. The van der Waals surface area contributed by atoms with Gasteiger partial charge in [0, 0.05) is 23.5 Å². The molecule has 1 atom stereocenters. The molecule has 1 aromatic carbocycles. The van der Waals surface area contributed by atoms with Crippen LogP contribution in [0.4, 0.5) is 4.39 Å². The number of rotatable bonds is 7. The maximum absolute atomic E-state index is 14.1. The number of amides is 2. The van der Waals surface area contributed by atoms with Gasteiger partial charge in [-0.15, -0.1) is 0 Å². The van der Waals surface area contributed by atoms with Gasteiger partial charge in [-0.1, -0.05) is 32.0 Å². The first-order chi connectivity index (χ1) is 13.3. The Bertz CT molecular complexity index is 967. The van der Waals surface area contributed by atoms with Gasteiger partial charge in [0.2, 0.25) is 5.91 Å². The summed E-state index contributed by atoms with van der Waals surface area (Å²) in [7, 11) is 0. The standard InChI is InChI=1S/C21H23FN4O2/c1-13(2)7-18(20(23)27)25-21(28)16-8-15-9-24-10-19(15)26(12-16)11-14-5-3-4-6-17(14)22/h3-6,8-10,12-13,18H,7,11H2,1-2H3,(H2,23,27)(H,25,28)/t18-/m0/s1. The monoisotopic (exact) mass is 382 g/mol. The third kappa shape index (κ3) is 4.36. The lowest BCUT2D eigenvalue weighted by atomic mass is 10.0. The topological polar surface area (TPSA) is 90.0 Å². The SMILES string of the molecule is CC(C)C[C@H](NC(=O)c1cc2cncc-2n(Cc2ccccc2F)c1)C(N)=O. The van der Waals surface area contributed by atoms with Crippen LogP contribution in [0.1, 0.15) is 36.2 Å². The molecule has 0 bridgehead atoms. The number of aromatic nitrogens is 2. The van der Waals surface area contributed by atoms with Gasteiger partial charge in [0.05, 0.1) is 24.0 Å². The van der Waals surface area contributed by atoms with E-state index in [1.165, 1.54) is 6.07 Å². The minimum Gasteiger partial charge on any atom is -0.368 e. The summed E-state index contributed by atoms with van der Waals surface area (Å²) in [5, 5.41) is 2.70. The second kappa shape index (κ2) is 8.21. The van der Waals surface area contributed by atoms with Crippen LogP contribution in [0.2, 0.25) is 0 Å². The van der Waals surface area contributed by atoms with E-state index in [0.29, 0.717) is 17.5 Å². The summed E-state index contributed by atoms with van der Waals surface area (Å²) in [5.74, 6) is -1.10. The number of carbonyl (C=O) groups is 2. The Kier molecular flexibility index (Phi) is 5.73. The van der Waals surface area contributed by atoms with Crippen LogP contribution in [-0.2, 0) is 11.3 Å². The van der Waals surface area contributed by atoms with Crippen LogP contribution < -0.4 is 11.1 Å². The summed E-state index contributed by atoms with van der Waals surface area (Å²) in [4.78, 5) is 28.6. The number of pyridine rings is 1. The average molecular weight is 382 g/mol. The van der Waals surface area contributed by atoms with Crippen molar-refractivity contribution in [2.75, 3.05) is 0 Å². The van der Waals surface area contributed by atoms with E-state index in [4.69, 9.17) is 5.73 Å². The van der Waals surface area contributed by atoms with Gasteiger partial charge in [-0.2, -0.15) is 0 Å². The number of halogens is 1. The molecule has 3 N–H and O–H groups in total. The molecule has 2 amide bonds. The van der Waals surface area contributed by atoms with Crippen LogP contribution >= 0.6 is 0 Å². The van der Waals surface area contributed by atoms with Crippen LogP contribution in [0.15, 0.2) is 48.9 Å². The van der Waals surface area contributed by atoms with E-state index in [0.717, 1.165) is 11.3 Å². The van der Waals surface area contributed by atoms with Crippen molar-refractivity contribution in [1.29, 1.82) is 0 Å². The molecule has 0 spiro atoms. The van der Waals surface area contributed by atoms with E-state index >= 15 is 0 Å². The van der Waals surface area contributed by atoms with E-state index in [9.17, 15) is 14.0 Å². The third-order valence-corrected chi connectivity index (χ3v) is 4.54. The first-order valence-electron chi connectivity index (χ1n) is 9.12. The number of benzene rings is 1. The van der Waals surface area contributed by atoms with Crippen LogP contribution in [0, 0.1) is 11.7 Å². The first kappa shape index (κ1) is 19.5. The van der Waals surface area contributed by atoms with Crippen molar-refractivity contribution in [3.05, 3.63) is 65.9 Å². The maximum atomic E-state index is 14.1. The molecule has 2 heterocycles. The van der Waals surface area contributed by atoms with Crippen molar-refractivity contribution < 1.29 is 14.0 Å². The van der Waals surface area contributed by atoms with Gasteiger partial charge in [-0.05, 0) is 24.5 Å². The fourth-order valence-electron chi connectivity index (χ4n) is 3.15. The first-order valence-corrected chi connectivity index (χ1v) is 9.12. The van der Waals surface area contributed by atoms with Gasteiger partial charge in [-0.3, -0.25) is 14.6 Å². The van der Waals surface area contributed by atoms with Crippen molar-refractivity contribution in [2.45, 2.75) is 32.9 Å². The van der Waals surface area contributed by atoms with Gasteiger partial charge in [0.15, 0.2) is 0 Å². The highest BCUT2D eigenvalue weighted by Crippen LogP contribution is 2.24. The summed E-state index contributed by atoms with van der Waals surface area (Å²) in [6.45, 7) is 4.15. The second-order valence-corrected chi connectivity index (χ2v) is 7.25. The highest BCUT2D eigenvalue weighted by Gasteiger charge is 2.22. The van der Waals surface area contributed by atoms with E-state index < -0.39 is 17.9 Å². The Morgan fingerprint density at radius 1 is 1.25 bits per heavy atom. The third-order valence-electron chi connectivity index (χ3n) is 4.54. The maximum Gasteiger partial charge on any atom is 0.253 e. The van der Waals surface area contributed by atoms with E-state index in [1.807, 2.05) is 13.8 Å². The number of nitrogens with one attached hydrogen (secondary N) is 1. The summed E-state index contributed by atoms with van der Waals surface area (Å²) in [5.41, 5.74) is 7.82. The number of carbonyl (C=O) groups excluding carboxylic acids is 2. The van der Waals surface area contributed by atoms with Gasteiger partial charge in [0.25, 0.3) is 5.91 Å². The molecular weight excluding hydrogens is 359 g/mol. The van der Waals surface area contributed by atoms with Crippen molar-refractivity contribution in [3.63, 3.8) is 0 Å². The zero-order valence-electron chi connectivity index (χ0n) is 15.9. The van der Waals surface area contributed by atoms with Gasteiger partial charge < -0.3 is 15.6 Å². The lowest BCUT2D eigenvalue weighted by molar-refractivity contribution is -0.120. The average Bonchev–Trinajstić information content (AvgIpc) is 3.11. The predicted molar refractivity (Wildman–Crippen MR) is 104 cm³/mol. The predicted octanol–water partition coefficient (Wildman–Crippen LogP) is 2.81. The minimum absolute atomic E-state index is 0.200. The summed E-state index contributed by atoms with van der Waals surface area (Å²) >= 11 is 0. The second-order valence-electron chi connectivity index (χ2n) is 7.25. The Morgan fingerprint density at radius 2 is 2.00 bits per heavy atom. The van der Waals surface area contributed by atoms with Crippen LogP contribution in [-0.4, -0.2) is 27.4 Å². The Hall–Kier alpha value is -3.22. The molecule has 0 unspecified atom stereocenters. The Morgan fingerprint density at radius 3 is 2.68 bits per heavy atom. The van der Waals surface area contributed by atoms with Gasteiger partial charge >= 0.3 is 0 Å². The number of nitrogens with two attached hydrogens (primary N) is 1. The van der Waals surface area contributed by atoms with E-state index in [2.05, 4.69) is 10.3 Å².